The van der Waals surface area contributed by atoms with E-state index >= 15 is 0 Å². The van der Waals surface area contributed by atoms with Crippen LogP contribution in [0.2, 0.25) is 0 Å². The zero-order valence-electron chi connectivity index (χ0n) is 13.3. The number of nitrogens with one attached hydrogen (secondary N) is 1. The third-order valence-corrected chi connectivity index (χ3v) is 3.74. The lowest BCUT2D eigenvalue weighted by molar-refractivity contribution is -0.120. The summed E-state index contributed by atoms with van der Waals surface area (Å²) in [7, 11) is 0. The van der Waals surface area contributed by atoms with Crippen molar-refractivity contribution in [2.75, 3.05) is 13.1 Å². The Balaban J connectivity index is 1.85. The number of amides is 1. The van der Waals surface area contributed by atoms with Crippen molar-refractivity contribution in [2.24, 2.45) is 0 Å². The Hall–Kier alpha value is -1.39. The van der Waals surface area contributed by atoms with Gasteiger partial charge in [0.25, 0.3) is 0 Å². The predicted octanol–water partition coefficient (Wildman–Crippen LogP) is 2.32. The van der Waals surface area contributed by atoms with Gasteiger partial charge >= 0.3 is 0 Å². The van der Waals surface area contributed by atoms with Crippen LogP contribution in [-0.4, -0.2) is 36.1 Å². The molecule has 21 heavy (non-hydrogen) atoms. The summed E-state index contributed by atoms with van der Waals surface area (Å²) in [5.41, 5.74) is 2.45. The van der Waals surface area contributed by atoms with E-state index in [9.17, 15) is 4.79 Å². The van der Waals surface area contributed by atoms with E-state index in [0.717, 1.165) is 25.2 Å². The number of nitrogens with zero attached hydrogens (tertiary/aromatic N) is 1. The quantitative estimate of drug-likeness (QED) is 0.905. The lowest BCUT2D eigenvalue weighted by Crippen LogP contribution is -2.44. The summed E-state index contributed by atoms with van der Waals surface area (Å²) in [6.45, 7) is 9.66. The Kier molecular flexibility index (Phi) is 5.76. The van der Waals surface area contributed by atoms with Crippen LogP contribution in [0.4, 0.5) is 0 Å². The number of hydrogen-bond acceptors (Lipinski definition) is 3. The molecular formula is C17H26N2O2. The SMILES string of the molecule is CCC(=O)NCc1ccc(CN2CC(C)OC(C)C2)cc1. The summed E-state index contributed by atoms with van der Waals surface area (Å²) in [6.07, 6.45) is 1.14. The molecule has 1 fully saturated rings. The highest BCUT2D eigenvalue weighted by Crippen LogP contribution is 2.14. The lowest BCUT2D eigenvalue weighted by atomic mass is 10.1. The number of carbonyl (C=O) groups is 1. The largest absolute Gasteiger partial charge is 0.373 e. The van der Waals surface area contributed by atoms with E-state index in [1.807, 2.05) is 6.92 Å². The first-order valence-corrected chi connectivity index (χ1v) is 7.79. The number of carbonyl (C=O) groups excluding carboxylic acids is 1. The first kappa shape index (κ1) is 16.0. The number of rotatable bonds is 5. The van der Waals surface area contributed by atoms with E-state index in [-0.39, 0.29) is 5.91 Å². The van der Waals surface area contributed by atoms with Gasteiger partial charge in [-0.15, -0.1) is 0 Å². The van der Waals surface area contributed by atoms with Crippen molar-refractivity contribution in [3.8, 4) is 0 Å². The molecule has 1 aromatic rings. The summed E-state index contributed by atoms with van der Waals surface area (Å²) in [4.78, 5) is 13.7. The second-order valence-corrected chi connectivity index (χ2v) is 5.90. The average molecular weight is 290 g/mol. The molecule has 0 spiro atoms. The van der Waals surface area contributed by atoms with Crippen molar-refractivity contribution >= 4 is 5.91 Å². The van der Waals surface area contributed by atoms with Gasteiger partial charge in [0, 0.05) is 32.6 Å². The van der Waals surface area contributed by atoms with Crippen molar-refractivity contribution in [2.45, 2.75) is 52.5 Å². The van der Waals surface area contributed by atoms with Gasteiger partial charge in [-0.3, -0.25) is 9.69 Å². The molecule has 0 saturated carbocycles. The molecule has 1 heterocycles. The highest BCUT2D eigenvalue weighted by atomic mass is 16.5. The molecule has 2 unspecified atom stereocenters. The molecule has 0 bridgehead atoms. The van der Waals surface area contributed by atoms with Crippen molar-refractivity contribution < 1.29 is 9.53 Å². The molecule has 4 nitrogen and oxygen atoms in total. The summed E-state index contributed by atoms with van der Waals surface area (Å²) in [5, 5.41) is 2.90. The molecule has 1 saturated heterocycles. The summed E-state index contributed by atoms with van der Waals surface area (Å²) >= 11 is 0. The molecule has 4 heteroatoms. The van der Waals surface area contributed by atoms with E-state index in [1.54, 1.807) is 0 Å². The van der Waals surface area contributed by atoms with Crippen LogP contribution in [0.3, 0.4) is 0 Å². The maximum absolute atomic E-state index is 11.2. The van der Waals surface area contributed by atoms with Crippen LogP contribution in [-0.2, 0) is 22.6 Å². The number of morpholine rings is 1. The first-order valence-electron chi connectivity index (χ1n) is 7.79. The monoisotopic (exact) mass is 290 g/mol. The van der Waals surface area contributed by atoms with Gasteiger partial charge in [0.1, 0.15) is 0 Å². The fraction of sp³-hybridized carbons (Fsp3) is 0.588. The molecule has 1 N–H and O–H groups in total. The van der Waals surface area contributed by atoms with Crippen LogP contribution >= 0.6 is 0 Å². The summed E-state index contributed by atoms with van der Waals surface area (Å²) in [5.74, 6) is 0.0929. The smallest absolute Gasteiger partial charge is 0.219 e. The van der Waals surface area contributed by atoms with Crippen LogP contribution in [0, 0.1) is 0 Å². The van der Waals surface area contributed by atoms with E-state index in [2.05, 4.69) is 48.3 Å². The molecule has 0 radical (unpaired) electrons. The van der Waals surface area contributed by atoms with Crippen molar-refractivity contribution in [3.63, 3.8) is 0 Å². The lowest BCUT2D eigenvalue weighted by Gasteiger charge is -2.35. The van der Waals surface area contributed by atoms with Crippen LogP contribution in [0.1, 0.15) is 38.3 Å². The minimum absolute atomic E-state index is 0.0929. The zero-order chi connectivity index (χ0) is 15.2. The van der Waals surface area contributed by atoms with Gasteiger partial charge in [0.2, 0.25) is 5.91 Å². The van der Waals surface area contributed by atoms with Gasteiger partial charge in [0.05, 0.1) is 12.2 Å². The Bertz CT molecular complexity index is 448. The maximum atomic E-state index is 11.2. The van der Waals surface area contributed by atoms with E-state index in [0.29, 0.717) is 25.2 Å². The molecule has 1 aromatic carbocycles. The van der Waals surface area contributed by atoms with Crippen LogP contribution < -0.4 is 5.32 Å². The molecular weight excluding hydrogens is 264 g/mol. The summed E-state index contributed by atoms with van der Waals surface area (Å²) in [6, 6.07) is 8.49. The molecule has 2 rings (SSSR count). The minimum Gasteiger partial charge on any atom is -0.373 e. The normalized spacial score (nSPS) is 23.0. The van der Waals surface area contributed by atoms with Gasteiger partial charge in [-0.25, -0.2) is 0 Å². The fourth-order valence-electron chi connectivity index (χ4n) is 2.76. The average Bonchev–Trinajstić information content (AvgIpc) is 2.45. The van der Waals surface area contributed by atoms with Crippen molar-refractivity contribution in [1.82, 2.24) is 10.2 Å². The predicted molar refractivity (Wildman–Crippen MR) is 83.9 cm³/mol. The second-order valence-electron chi connectivity index (χ2n) is 5.90. The van der Waals surface area contributed by atoms with E-state index in [1.165, 1.54) is 5.56 Å². The fourth-order valence-corrected chi connectivity index (χ4v) is 2.76. The Morgan fingerprint density at radius 3 is 2.33 bits per heavy atom. The van der Waals surface area contributed by atoms with Crippen molar-refractivity contribution in [3.05, 3.63) is 35.4 Å². The number of hydrogen-bond donors (Lipinski definition) is 1. The van der Waals surface area contributed by atoms with Gasteiger partial charge < -0.3 is 10.1 Å². The van der Waals surface area contributed by atoms with Gasteiger partial charge in [0.15, 0.2) is 0 Å². The van der Waals surface area contributed by atoms with Crippen molar-refractivity contribution in [1.29, 1.82) is 0 Å². The Morgan fingerprint density at radius 1 is 1.19 bits per heavy atom. The van der Waals surface area contributed by atoms with Crippen LogP contribution in [0.25, 0.3) is 0 Å². The molecule has 0 aromatic heterocycles. The standard InChI is InChI=1S/C17H26N2O2/c1-4-17(20)18-9-15-5-7-16(8-6-15)12-19-10-13(2)21-14(3)11-19/h5-8,13-14H,4,9-12H2,1-3H3,(H,18,20). The molecule has 116 valence electrons. The number of benzene rings is 1. The van der Waals surface area contributed by atoms with Gasteiger partial charge in [-0.1, -0.05) is 31.2 Å². The molecule has 1 amide bonds. The second kappa shape index (κ2) is 7.57. The topological polar surface area (TPSA) is 41.6 Å². The van der Waals surface area contributed by atoms with E-state index < -0.39 is 0 Å². The minimum atomic E-state index is 0.0929. The maximum Gasteiger partial charge on any atom is 0.219 e. The molecule has 1 aliphatic heterocycles. The van der Waals surface area contributed by atoms with Gasteiger partial charge in [-0.2, -0.15) is 0 Å². The molecule has 0 aliphatic carbocycles. The highest BCUT2D eigenvalue weighted by molar-refractivity contribution is 5.75. The van der Waals surface area contributed by atoms with Crippen LogP contribution in [0.5, 0.6) is 0 Å². The summed E-state index contributed by atoms with van der Waals surface area (Å²) < 4.78 is 5.76. The van der Waals surface area contributed by atoms with Gasteiger partial charge in [-0.05, 0) is 25.0 Å². The first-order chi connectivity index (χ1) is 10.1. The highest BCUT2D eigenvalue weighted by Gasteiger charge is 2.21. The third kappa shape index (κ3) is 5.14. The molecule has 2 atom stereocenters. The Labute approximate surface area is 127 Å². The number of ether oxygens (including phenoxy) is 1. The molecule has 1 aliphatic rings. The Morgan fingerprint density at radius 2 is 1.76 bits per heavy atom. The zero-order valence-corrected chi connectivity index (χ0v) is 13.3. The van der Waals surface area contributed by atoms with E-state index in [4.69, 9.17) is 4.74 Å². The van der Waals surface area contributed by atoms with Crippen LogP contribution in [0.15, 0.2) is 24.3 Å². The third-order valence-electron chi connectivity index (χ3n) is 3.74.